The Hall–Kier alpha value is -4.89. The van der Waals surface area contributed by atoms with E-state index in [-0.39, 0.29) is 17.3 Å². The SMILES string of the molecule is CCN(CC)Cc1cc(Nc2ccnc3cc(Cl)ccc23)ccc1O[P@](=O)(N[C@@H](C)C(=O)OC)OC[C@H]1O[C@@](C#N)(c2ccc3c(N)ncnn23)[C@H](O)[C@@H]1O. The second kappa shape index (κ2) is 16.5. The van der Waals surface area contributed by atoms with Gasteiger partial charge in [-0.25, -0.2) is 14.1 Å². The van der Waals surface area contributed by atoms with E-state index >= 15 is 0 Å². The van der Waals surface area contributed by atoms with E-state index in [1.54, 1.807) is 36.5 Å². The number of methoxy groups -OCH3 is 1. The van der Waals surface area contributed by atoms with Crippen molar-refractivity contribution in [2.75, 3.05) is 37.9 Å². The number of nitrogens with one attached hydrogen (secondary N) is 2. The van der Waals surface area contributed by atoms with Crippen LogP contribution < -0.4 is 20.7 Å². The number of halogens is 1. The number of nitrogens with two attached hydrogens (primary N) is 1. The summed E-state index contributed by atoms with van der Waals surface area (Å²) in [6, 6.07) is 16.3. The molecule has 55 heavy (non-hydrogen) atoms. The minimum Gasteiger partial charge on any atom is -0.468 e. The summed E-state index contributed by atoms with van der Waals surface area (Å²) in [5.41, 5.74) is 7.06. The van der Waals surface area contributed by atoms with Crippen molar-refractivity contribution in [3.8, 4) is 11.8 Å². The molecule has 0 bridgehead atoms. The Kier molecular flexibility index (Phi) is 11.9. The van der Waals surface area contributed by atoms with Crippen molar-refractivity contribution < 1.29 is 38.1 Å². The van der Waals surface area contributed by atoms with Gasteiger partial charge in [-0.2, -0.15) is 15.4 Å². The Labute approximate surface area is 321 Å². The van der Waals surface area contributed by atoms with E-state index in [2.05, 4.69) is 30.4 Å². The van der Waals surface area contributed by atoms with Crippen LogP contribution in [0.3, 0.4) is 0 Å². The standard InChI is InChI=1S/C36H41ClN9O8P/c1-5-45(6-2)17-22-15-24(43-26-13-14-40-27-16-23(37)7-9-25(26)27)8-11-29(22)54-55(50,44-21(3)35(49)51-4)52-18-30-32(47)33(48)36(19-38,53-30)31-12-10-28-34(39)41-20-42-46(28)31/h7-16,20-21,30,32-33,47-48H,5-6,17-18H2,1-4H3,(H,40,43)(H,44,50)(H2,39,41,42)/t21-,30+,32+,33+,36-,55-/m0/s1. The summed E-state index contributed by atoms with van der Waals surface area (Å²) in [5.74, 6) is -0.460. The van der Waals surface area contributed by atoms with E-state index in [0.29, 0.717) is 46.9 Å². The quantitative estimate of drug-likeness (QED) is 0.0735. The Morgan fingerprint density at radius 3 is 2.69 bits per heavy atom. The molecule has 5 aromatic rings. The monoisotopic (exact) mass is 793 g/mol. The summed E-state index contributed by atoms with van der Waals surface area (Å²) in [7, 11) is -3.36. The third kappa shape index (κ3) is 8.08. The molecule has 2 aromatic carbocycles. The third-order valence-corrected chi connectivity index (χ3v) is 11.2. The number of fused-ring (bicyclic) bond motifs is 2. The number of aliphatic hydroxyl groups is 2. The fourth-order valence-corrected chi connectivity index (χ4v) is 8.06. The first-order valence-electron chi connectivity index (χ1n) is 17.4. The van der Waals surface area contributed by atoms with Gasteiger partial charge < -0.3 is 35.3 Å². The fraction of sp³-hybridized carbons (Fsp3) is 0.361. The van der Waals surface area contributed by atoms with Crippen molar-refractivity contribution in [3.63, 3.8) is 0 Å². The third-order valence-electron chi connectivity index (χ3n) is 9.35. The summed E-state index contributed by atoms with van der Waals surface area (Å²) in [6.45, 7) is 6.57. The number of esters is 1. The van der Waals surface area contributed by atoms with Crippen LogP contribution in [0.5, 0.6) is 5.75 Å². The number of nitriles is 1. The van der Waals surface area contributed by atoms with Crippen molar-refractivity contribution in [1.29, 1.82) is 5.26 Å². The average Bonchev–Trinajstić information content (AvgIpc) is 3.73. The molecule has 0 unspecified atom stereocenters. The van der Waals surface area contributed by atoms with Gasteiger partial charge in [0.1, 0.15) is 48.0 Å². The molecule has 1 aliphatic heterocycles. The van der Waals surface area contributed by atoms with Gasteiger partial charge in [0.2, 0.25) is 5.60 Å². The largest absolute Gasteiger partial charge is 0.468 e. The van der Waals surface area contributed by atoms with Crippen molar-refractivity contribution in [3.05, 3.63) is 83.4 Å². The molecule has 17 nitrogen and oxygen atoms in total. The zero-order valence-electron chi connectivity index (χ0n) is 30.4. The molecular weight excluding hydrogens is 753 g/mol. The highest BCUT2D eigenvalue weighted by molar-refractivity contribution is 7.52. The molecule has 6 rings (SSSR count). The molecule has 0 spiro atoms. The Balaban J connectivity index is 1.30. The number of ether oxygens (including phenoxy) is 2. The van der Waals surface area contributed by atoms with E-state index in [1.165, 1.54) is 30.9 Å². The number of rotatable bonds is 15. The van der Waals surface area contributed by atoms with Gasteiger partial charge in [0.15, 0.2) is 5.82 Å². The van der Waals surface area contributed by atoms with E-state index in [9.17, 15) is 24.8 Å². The number of carbonyl (C=O) groups excluding carboxylic acids is 1. The summed E-state index contributed by atoms with van der Waals surface area (Å²) in [4.78, 5) is 23.0. The van der Waals surface area contributed by atoms with Crippen molar-refractivity contribution >= 4 is 58.9 Å². The highest BCUT2D eigenvalue weighted by Crippen LogP contribution is 2.48. The number of aliphatic hydroxyl groups excluding tert-OH is 2. The van der Waals surface area contributed by atoms with Crippen molar-refractivity contribution in [2.24, 2.45) is 0 Å². The van der Waals surface area contributed by atoms with E-state index in [4.69, 9.17) is 35.9 Å². The summed E-state index contributed by atoms with van der Waals surface area (Å²) in [6.07, 6.45) is -2.05. The molecular formula is C36H41ClN9O8P. The van der Waals surface area contributed by atoms with Gasteiger partial charge in [-0.3, -0.25) is 19.2 Å². The van der Waals surface area contributed by atoms with Crippen LogP contribution in [0.4, 0.5) is 17.2 Å². The molecule has 4 heterocycles. The molecule has 0 amide bonds. The van der Waals surface area contributed by atoms with Gasteiger partial charge in [0, 0.05) is 40.1 Å². The Bertz CT molecular complexity index is 2290. The predicted octanol–water partition coefficient (Wildman–Crippen LogP) is 4.29. The van der Waals surface area contributed by atoms with Gasteiger partial charge in [-0.15, -0.1) is 0 Å². The molecule has 19 heteroatoms. The Morgan fingerprint density at radius 2 is 1.96 bits per heavy atom. The lowest BCUT2D eigenvalue weighted by molar-refractivity contribution is -0.142. The zero-order valence-corrected chi connectivity index (χ0v) is 32.1. The minimum absolute atomic E-state index is 0.0725. The molecule has 6 N–H and O–H groups in total. The lowest BCUT2D eigenvalue weighted by Gasteiger charge is -2.27. The van der Waals surface area contributed by atoms with Crippen LogP contribution in [0.15, 0.2) is 67.1 Å². The predicted molar refractivity (Wildman–Crippen MR) is 203 cm³/mol. The molecule has 0 aliphatic carbocycles. The van der Waals surface area contributed by atoms with Gasteiger partial charge in [0.25, 0.3) is 0 Å². The molecule has 1 fully saturated rings. The summed E-state index contributed by atoms with van der Waals surface area (Å²) < 4.78 is 38.8. The van der Waals surface area contributed by atoms with Gasteiger partial charge in [-0.1, -0.05) is 25.4 Å². The molecule has 3 aromatic heterocycles. The number of benzene rings is 2. The van der Waals surface area contributed by atoms with Gasteiger partial charge in [0.05, 0.1) is 24.9 Å². The Morgan fingerprint density at radius 1 is 1.18 bits per heavy atom. The van der Waals surface area contributed by atoms with Crippen molar-refractivity contribution in [1.82, 2.24) is 29.6 Å². The second-order valence-electron chi connectivity index (χ2n) is 12.8. The van der Waals surface area contributed by atoms with Crippen LogP contribution in [-0.4, -0.2) is 91.8 Å². The number of hydrogen-bond acceptors (Lipinski definition) is 15. The van der Waals surface area contributed by atoms with Crippen LogP contribution >= 0.6 is 19.3 Å². The number of aromatic nitrogens is 4. The van der Waals surface area contributed by atoms with Crippen LogP contribution in [-0.2, 0) is 35.5 Å². The normalized spacial score (nSPS) is 21.3. The second-order valence-corrected chi connectivity index (χ2v) is 14.9. The molecule has 0 radical (unpaired) electrons. The van der Waals surface area contributed by atoms with Crippen LogP contribution in [0, 0.1) is 11.3 Å². The number of pyridine rings is 1. The van der Waals surface area contributed by atoms with Gasteiger partial charge in [-0.05, 0) is 74.6 Å². The summed E-state index contributed by atoms with van der Waals surface area (Å²) >= 11 is 6.20. The first-order valence-corrected chi connectivity index (χ1v) is 19.3. The number of anilines is 3. The highest BCUT2D eigenvalue weighted by atomic mass is 35.5. The molecule has 0 saturated carbocycles. The molecule has 6 atom stereocenters. The smallest absolute Gasteiger partial charge is 0.459 e. The maximum Gasteiger partial charge on any atom is 0.459 e. The van der Waals surface area contributed by atoms with Crippen LogP contribution in [0.25, 0.3) is 16.4 Å². The van der Waals surface area contributed by atoms with Crippen LogP contribution in [0.2, 0.25) is 5.02 Å². The zero-order chi connectivity index (χ0) is 39.5. The summed E-state index contributed by atoms with van der Waals surface area (Å²) in [5, 5.41) is 44.3. The average molecular weight is 794 g/mol. The maximum absolute atomic E-state index is 14.6. The molecule has 1 aliphatic rings. The minimum atomic E-state index is -4.53. The topological polar surface area (TPSA) is 232 Å². The highest BCUT2D eigenvalue weighted by Gasteiger charge is 2.58. The number of nitrogens with zero attached hydrogens (tertiary/aromatic N) is 6. The first-order chi connectivity index (χ1) is 26.3. The fourth-order valence-electron chi connectivity index (χ4n) is 6.35. The van der Waals surface area contributed by atoms with E-state index in [0.717, 1.165) is 11.1 Å². The lowest BCUT2D eigenvalue weighted by atomic mass is 9.92. The van der Waals surface area contributed by atoms with Gasteiger partial charge >= 0.3 is 13.7 Å². The molecule has 1 saturated heterocycles. The van der Waals surface area contributed by atoms with E-state index in [1.807, 2.05) is 38.1 Å². The van der Waals surface area contributed by atoms with Crippen LogP contribution in [0.1, 0.15) is 32.0 Å². The maximum atomic E-state index is 14.6. The lowest BCUT2D eigenvalue weighted by Crippen LogP contribution is -2.41. The first kappa shape index (κ1) is 39.8. The number of carbonyl (C=O) groups is 1. The molecule has 290 valence electrons. The number of hydrogen-bond donors (Lipinski definition) is 5. The van der Waals surface area contributed by atoms with E-state index < -0.39 is 50.3 Å². The number of nitrogen functional groups attached to an aromatic ring is 1. The van der Waals surface area contributed by atoms with Crippen molar-refractivity contribution in [2.45, 2.75) is 57.3 Å².